The molecule has 1 aromatic rings. The van der Waals surface area contributed by atoms with Crippen LogP contribution in [-0.2, 0) is 16.6 Å². The molecule has 0 bridgehead atoms. The normalized spacial score (nSPS) is 16.1. The van der Waals surface area contributed by atoms with Gasteiger partial charge in [-0.25, -0.2) is 13.1 Å². The van der Waals surface area contributed by atoms with E-state index in [1.807, 2.05) is 12.3 Å². The van der Waals surface area contributed by atoms with E-state index in [9.17, 15) is 8.42 Å². The van der Waals surface area contributed by atoms with Crippen molar-refractivity contribution < 1.29 is 8.42 Å². The molecule has 1 aromatic heterocycles. The zero-order valence-corrected chi connectivity index (χ0v) is 14.6. The van der Waals surface area contributed by atoms with Gasteiger partial charge in [-0.1, -0.05) is 26.2 Å². The summed E-state index contributed by atoms with van der Waals surface area (Å²) in [6.07, 6.45) is 5.82. The summed E-state index contributed by atoms with van der Waals surface area (Å²) in [7, 11) is -3.37. The van der Waals surface area contributed by atoms with Crippen molar-refractivity contribution in [2.24, 2.45) is 5.92 Å². The average molecular weight is 331 g/mol. The summed E-state index contributed by atoms with van der Waals surface area (Å²) in [5.74, 6) is 0.724. The lowest BCUT2D eigenvalue weighted by molar-refractivity contribution is 0.297. The van der Waals surface area contributed by atoms with Crippen molar-refractivity contribution in [2.75, 3.05) is 13.1 Å². The monoisotopic (exact) mass is 330 g/mol. The summed E-state index contributed by atoms with van der Waals surface area (Å²) in [5.41, 5.74) is 0.851. The Morgan fingerprint density at radius 3 is 2.71 bits per heavy atom. The number of thiophene rings is 1. The molecule has 0 saturated heterocycles. The third-order valence-corrected chi connectivity index (χ3v) is 6.96. The van der Waals surface area contributed by atoms with Gasteiger partial charge in [0.1, 0.15) is 4.90 Å². The Morgan fingerprint density at radius 2 is 2.10 bits per heavy atom. The van der Waals surface area contributed by atoms with Crippen LogP contribution in [0.25, 0.3) is 0 Å². The number of nitrogens with one attached hydrogen (secondary N) is 2. The maximum absolute atomic E-state index is 12.5. The fraction of sp³-hybridized carbons (Fsp3) is 0.733. The van der Waals surface area contributed by atoms with Crippen LogP contribution in [0.1, 0.15) is 49.5 Å². The smallest absolute Gasteiger partial charge is 0.241 e. The third-order valence-electron chi connectivity index (χ3n) is 4.04. The van der Waals surface area contributed by atoms with Crippen molar-refractivity contribution in [3.63, 3.8) is 0 Å². The molecule has 1 fully saturated rings. The van der Waals surface area contributed by atoms with E-state index in [-0.39, 0.29) is 0 Å². The minimum absolute atomic E-state index is 0.490. The lowest BCUT2D eigenvalue weighted by Gasteiger charge is -2.25. The molecule has 21 heavy (non-hydrogen) atoms. The highest BCUT2D eigenvalue weighted by Crippen LogP contribution is 2.30. The zero-order valence-electron chi connectivity index (χ0n) is 12.9. The first-order valence-corrected chi connectivity index (χ1v) is 10.2. The number of hydrogen-bond donors (Lipinski definition) is 2. The second-order valence-corrected chi connectivity index (χ2v) is 8.50. The predicted molar refractivity (Wildman–Crippen MR) is 88.2 cm³/mol. The number of rotatable bonds is 9. The molecule has 0 unspecified atom stereocenters. The van der Waals surface area contributed by atoms with Crippen LogP contribution in [0.4, 0.5) is 0 Å². The summed E-state index contributed by atoms with van der Waals surface area (Å²) >= 11 is 1.53. The minimum atomic E-state index is -3.37. The van der Waals surface area contributed by atoms with Crippen molar-refractivity contribution in [3.8, 4) is 0 Å². The van der Waals surface area contributed by atoms with Gasteiger partial charge in [0.25, 0.3) is 0 Å². The van der Waals surface area contributed by atoms with Crippen LogP contribution < -0.4 is 10.0 Å². The highest BCUT2D eigenvalue weighted by molar-refractivity contribution is 7.89. The van der Waals surface area contributed by atoms with Crippen LogP contribution in [0.2, 0.25) is 0 Å². The zero-order chi connectivity index (χ0) is 15.3. The van der Waals surface area contributed by atoms with Gasteiger partial charge >= 0.3 is 0 Å². The molecule has 1 aliphatic rings. The highest BCUT2D eigenvalue weighted by Gasteiger charge is 2.23. The average Bonchev–Trinajstić information content (AvgIpc) is 2.75. The van der Waals surface area contributed by atoms with Crippen molar-refractivity contribution in [1.29, 1.82) is 0 Å². The summed E-state index contributed by atoms with van der Waals surface area (Å²) in [4.78, 5) is 1.40. The highest BCUT2D eigenvalue weighted by atomic mass is 32.2. The quantitative estimate of drug-likeness (QED) is 0.684. The van der Waals surface area contributed by atoms with Crippen LogP contribution in [-0.4, -0.2) is 21.5 Å². The van der Waals surface area contributed by atoms with Crippen LogP contribution in [0, 0.1) is 12.8 Å². The van der Waals surface area contributed by atoms with Crippen LogP contribution in [0.15, 0.2) is 10.3 Å². The third kappa shape index (κ3) is 4.52. The standard InChI is InChI=1S/C15H26N2O2S2/c1-3-8-16-10-14-15(12(2)11-20-14)21(18,19)17-9-7-13-5-4-6-13/h11,13,16-17H,3-10H2,1-2H3. The molecule has 0 atom stereocenters. The minimum Gasteiger partial charge on any atom is -0.312 e. The van der Waals surface area contributed by atoms with Gasteiger partial charge in [0.2, 0.25) is 10.0 Å². The van der Waals surface area contributed by atoms with Gasteiger partial charge in [-0.15, -0.1) is 11.3 Å². The lowest BCUT2D eigenvalue weighted by atomic mass is 9.83. The van der Waals surface area contributed by atoms with E-state index < -0.39 is 10.0 Å². The first-order valence-electron chi connectivity index (χ1n) is 7.82. The van der Waals surface area contributed by atoms with E-state index in [0.29, 0.717) is 18.0 Å². The lowest BCUT2D eigenvalue weighted by Crippen LogP contribution is -2.29. The molecule has 2 N–H and O–H groups in total. The number of hydrogen-bond acceptors (Lipinski definition) is 4. The summed E-state index contributed by atoms with van der Waals surface area (Å²) in [6.45, 7) is 6.08. The van der Waals surface area contributed by atoms with E-state index in [4.69, 9.17) is 0 Å². The maximum atomic E-state index is 12.5. The SMILES string of the molecule is CCCNCc1scc(C)c1S(=O)(=O)NCCC1CCC1. The molecule has 4 nitrogen and oxygen atoms in total. The maximum Gasteiger partial charge on any atom is 0.241 e. The van der Waals surface area contributed by atoms with Crippen molar-refractivity contribution >= 4 is 21.4 Å². The van der Waals surface area contributed by atoms with Gasteiger partial charge in [0.05, 0.1) is 0 Å². The first kappa shape index (κ1) is 16.9. The Kier molecular flexibility index (Phi) is 6.22. The van der Waals surface area contributed by atoms with Gasteiger partial charge in [-0.05, 0) is 43.2 Å². The summed E-state index contributed by atoms with van der Waals surface area (Å²) < 4.78 is 27.8. The van der Waals surface area contributed by atoms with Crippen molar-refractivity contribution in [1.82, 2.24) is 10.0 Å². The molecule has 120 valence electrons. The van der Waals surface area contributed by atoms with E-state index in [2.05, 4.69) is 17.0 Å². The fourth-order valence-electron chi connectivity index (χ4n) is 2.60. The summed E-state index contributed by atoms with van der Waals surface area (Å²) in [6, 6.07) is 0. The molecule has 1 heterocycles. The molecule has 1 aliphatic carbocycles. The molecule has 0 radical (unpaired) electrons. The van der Waals surface area contributed by atoms with Gasteiger partial charge in [0, 0.05) is 18.0 Å². The Labute approximate surface area is 132 Å². The second kappa shape index (κ2) is 7.72. The topological polar surface area (TPSA) is 58.2 Å². The molecule has 0 aromatic carbocycles. The van der Waals surface area contributed by atoms with Gasteiger partial charge in [-0.2, -0.15) is 0 Å². The Hall–Kier alpha value is -0.430. The van der Waals surface area contributed by atoms with E-state index >= 15 is 0 Å². The molecule has 1 saturated carbocycles. The predicted octanol–water partition coefficient (Wildman–Crippen LogP) is 3.02. The van der Waals surface area contributed by atoms with Gasteiger partial charge in [0.15, 0.2) is 0 Å². The first-order chi connectivity index (χ1) is 10.0. The molecular weight excluding hydrogens is 304 g/mol. The van der Waals surface area contributed by atoms with Gasteiger partial charge < -0.3 is 5.32 Å². The molecular formula is C15H26N2O2S2. The second-order valence-electron chi connectivity index (χ2n) is 5.83. The van der Waals surface area contributed by atoms with E-state index in [1.165, 1.54) is 30.6 Å². The van der Waals surface area contributed by atoms with Crippen LogP contribution in [0.3, 0.4) is 0 Å². The Morgan fingerprint density at radius 1 is 1.33 bits per heavy atom. The molecule has 2 rings (SSSR count). The fourth-order valence-corrected chi connectivity index (χ4v) is 5.42. The largest absolute Gasteiger partial charge is 0.312 e. The van der Waals surface area contributed by atoms with Crippen LogP contribution in [0.5, 0.6) is 0 Å². The number of aryl methyl sites for hydroxylation is 1. The number of sulfonamides is 1. The van der Waals surface area contributed by atoms with Crippen LogP contribution >= 0.6 is 11.3 Å². The van der Waals surface area contributed by atoms with Crippen molar-refractivity contribution in [3.05, 3.63) is 15.8 Å². The Bertz CT molecular complexity index is 548. The van der Waals surface area contributed by atoms with Gasteiger partial charge in [-0.3, -0.25) is 0 Å². The molecule has 0 amide bonds. The van der Waals surface area contributed by atoms with E-state index in [0.717, 1.165) is 35.7 Å². The van der Waals surface area contributed by atoms with Crippen molar-refractivity contribution in [2.45, 2.75) is 57.4 Å². The molecule has 0 aliphatic heterocycles. The Balaban J connectivity index is 1.98. The summed E-state index contributed by atoms with van der Waals surface area (Å²) in [5, 5.41) is 5.22. The molecule has 6 heteroatoms. The van der Waals surface area contributed by atoms with E-state index in [1.54, 1.807) is 0 Å². The molecule has 0 spiro atoms.